The highest BCUT2D eigenvalue weighted by atomic mass is 16.3. The molecule has 0 aliphatic rings. The van der Waals surface area contributed by atoms with Crippen molar-refractivity contribution in [3.63, 3.8) is 0 Å². The molecule has 0 fully saturated rings. The van der Waals surface area contributed by atoms with E-state index in [2.05, 4.69) is 20.8 Å². The summed E-state index contributed by atoms with van der Waals surface area (Å²) in [4.78, 5) is 12.0. The second kappa shape index (κ2) is 4.26. The molecule has 0 atom stereocenters. The lowest BCUT2D eigenvalue weighted by Gasteiger charge is -2.22. The lowest BCUT2D eigenvalue weighted by molar-refractivity contribution is 0.0487. The third kappa shape index (κ3) is 3.16. The van der Waals surface area contributed by atoms with E-state index >= 15 is 0 Å². The summed E-state index contributed by atoms with van der Waals surface area (Å²) in [7, 11) is 0. The summed E-state index contributed by atoms with van der Waals surface area (Å²) in [6.07, 6.45) is 0. The van der Waals surface area contributed by atoms with Crippen molar-refractivity contribution < 1.29 is 9.90 Å². The SMILES string of the molecule is Cc1cc(C(C)(C)C)ccc1C(=O)C(C)(C)O. The van der Waals surface area contributed by atoms with Crippen LogP contribution in [-0.2, 0) is 5.41 Å². The molecule has 0 unspecified atom stereocenters. The maximum atomic E-state index is 12.0. The summed E-state index contributed by atoms with van der Waals surface area (Å²) in [6, 6.07) is 5.81. The molecule has 0 heterocycles. The van der Waals surface area contributed by atoms with Crippen LogP contribution >= 0.6 is 0 Å². The topological polar surface area (TPSA) is 37.3 Å². The Bertz CT molecular complexity index is 431. The van der Waals surface area contributed by atoms with E-state index in [0.29, 0.717) is 5.56 Å². The molecule has 2 nitrogen and oxygen atoms in total. The zero-order valence-corrected chi connectivity index (χ0v) is 11.6. The Labute approximate surface area is 104 Å². The first-order chi connectivity index (χ1) is 7.53. The summed E-state index contributed by atoms with van der Waals surface area (Å²) in [5.74, 6) is -0.226. The standard InChI is InChI=1S/C15H22O2/c1-10-9-11(14(2,3)4)7-8-12(10)13(16)15(5,6)17/h7-9,17H,1-6H3. The zero-order chi connectivity index (χ0) is 13.4. The minimum atomic E-state index is -1.31. The molecule has 1 rings (SSSR count). The molecule has 1 aromatic carbocycles. The first-order valence-electron chi connectivity index (χ1n) is 5.92. The molecule has 0 aliphatic carbocycles. The Morgan fingerprint density at radius 3 is 2.00 bits per heavy atom. The molecule has 0 radical (unpaired) electrons. The van der Waals surface area contributed by atoms with E-state index < -0.39 is 5.60 Å². The van der Waals surface area contributed by atoms with Gasteiger partial charge < -0.3 is 5.11 Å². The molecular formula is C15H22O2. The van der Waals surface area contributed by atoms with Gasteiger partial charge >= 0.3 is 0 Å². The number of carbonyl (C=O) groups is 1. The van der Waals surface area contributed by atoms with Crippen LogP contribution in [0, 0.1) is 6.92 Å². The Hall–Kier alpha value is -1.15. The Balaban J connectivity index is 3.20. The van der Waals surface area contributed by atoms with E-state index in [0.717, 1.165) is 5.56 Å². The van der Waals surface area contributed by atoms with Crippen molar-refractivity contribution in [3.8, 4) is 0 Å². The Kier molecular flexibility index (Phi) is 3.49. The van der Waals surface area contributed by atoms with Gasteiger partial charge in [-0.05, 0) is 37.3 Å². The lowest BCUT2D eigenvalue weighted by Crippen LogP contribution is -2.31. The van der Waals surface area contributed by atoms with Crippen molar-refractivity contribution in [2.24, 2.45) is 0 Å². The van der Waals surface area contributed by atoms with Crippen molar-refractivity contribution in [3.05, 3.63) is 34.9 Å². The fourth-order valence-electron chi connectivity index (χ4n) is 1.71. The number of carbonyl (C=O) groups excluding carboxylic acids is 1. The fourth-order valence-corrected chi connectivity index (χ4v) is 1.71. The molecule has 1 aromatic rings. The predicted octanol–water partition coefficient (Wildman–Crippen LogP) is 3.25. The quantitative estimate of drug-likeness (QED) is 0.798. The minimum Gasteiger partial charge on any atom is -0.382 e. The summed E-state index contributed by atoms with van der Waals surface area (Å²) in [5.41, 5.74) is 1.48. The number of hydrogen-bond acceptors (Lipinski definition) is 2. The normalized spacial score (nSPS) is 12.6. The Morgan fingerprint density at radius 2 is 1.65 bits per heavy atom. The molecule has 0 spiro atoms. The fraction of sp³-hybridized carbons (Fsp3) is 0.533. The van der Waals surface area contributed by atoms with Gasteiger partial charge in [0.05, 0.1) is 0 Å². The van der Waals surface area contributed by atoms with E-state index in [9.17, 15) is 9.90 Å². The van der Waals surface area contributed by atoms with E-state index in [1.165, 1.54) is 19.4 Å². The number of aryl methyl sites for hydroxylation is 1. The minimum absolute atomic E-state index is 0.0705. The van der Waals surface area contributed by atoms with Crippen LogP contribution in [0.3, 0.4) is 0 Å². The van der Waals surface area contributed by atoms with E-state index in [1.807, 2.05) is 25.1 Å². The van der Waals surface area contributed by atoms with Crippen molar-refractivity contribution in [1.82, 2.24) is 0 Å². The van der Waals surface area contributed by atoms with Crippen LogP contribution in [0.2, 0.25) is 0 Å². The number of rotatable bonds is 2. The predicted molar refractivity (Wildman–Crippen MR) is 70.5 cm³/mol. The molecule has 0 aromatic heterocycles. The molecular weight excluding hydrogens is 212 g/mol. The van der Waals surface area contributed by atoms with E-state index in [1.54, 1.807) is 0 Å². The third-order valence-corrected chi connectivity index (χ3v) is 2.89. The second-order valence-corrected chi connectivity index (χ2v) is 6.17. The zero-order valence-electron chi connectivity index (χ0n) is 11.6. The van der Waals surface area contributed by atoms with Crippen LogP contribution in [0.5, 0.6) is 0 Å². The third-order valence-electron chi connectivity index (χ3n) is 2.89. The monoisotopic (exact) mass is 234 g/mol. The van der Waals surface area contributed by atoms with Gasteiger partial charge in [0.25, 0.3) is 0 Å². The molecule has 0 saturated carbocycles. The summed E-state index contributed by atoms with van der Waals surface area (Å²) < 4.78 is 0. The highest BCUT2D eigenvalue weighted by Gasteiger charge is 2.27. The lowest BCUT2D eigenvalue weighted by atomic mass is 9.84. The number of ketones is 1. The summed E-state index contributed by atoms with van der Waals surface area (Å²) in [6.45, 7) is 11.4. The van der Waals surface area contributed by atoms with Crippen LogP contribution in [0.15, 0.2) is 18.2 Å². The average Bonchev–Trinajstić information content (AvgIpc) is 2.13. The number of Topliss-reactive ketones (excluding diaryl/α,β-unsaturated/α-hetero) is 1. The van der Waals surface area contributed by atoms with Gasteiger partial charge in [0.2, 0.25) is 0 Å². The molecule has 0 amide bonds. The van der Waals surface area contributed by atoms with Crippen LogP contribution < -0.4 is 0 Å². The molecule has 0 aliphatic heterocycles. The van der Waals surface area contributed by atoms with E-state index in [4.69, 9.17) is 0 Å². The van der Waals surface area contributed by atoms with Gasteiger partial charge in [0.1, 0.15) is 5.60 Å². The van der Waals surface area contributed by atoms with E-state index in [-0.39, 0.29) is 11.2 Å². The molecule has 1 N–H and O–H groups in total. The van der Waals surface area contributed by atoms with Crippen LogP contribution in [0.4, 0.5) is 0 Å². The molecule has 94 valence electrons. The first-order valence-corrected chi connectivity index (χ1v) is 5.92. The van der Waals surface area contributed by atoms with Crippen molar-refractivity contribution in [2.75, 3.05) is 0 Å². The van der Waals surface area contributed by atoms with Crippen molar-refractivity contribution >= 4 is 5.78 Å². The molecule has 17 heavy (non-hydrogen) atoms. The average molecular weight is 234 g/mol. The highest BCUT2D eigenvalue weighted by molar-refractivity contribution is 6.02. The van der Waals surface area contributed by atoms with Gasteiger partial charge in [-0.25, -0.2) is 0 Å². The highest BCUT2D eigenvalue weighted by Crippen LogP contribution is 2.25. The van der Waals surface area contributed by atoms with Gasteiger partial charge in [-0.15, -0.1) is 0 Å². The maximum Gasteiger partial charge on any atom is 0.194 e. The van der Waals surface area contributed by atoms with Crippen LogP contribution in [0.1, 0.15) is 56.1 Å². The van der Waals surface area contributed by atoms with Gasteiger partial charge in [-0.1, -0.05) is 39.0 Å². The summed E-state index contributed by atoms with van der Waals surface area (Å²) >= 11 is 0. The smallest absolute Gasteiger partial charge is 0.194 e. The first kappa shape index (κ1) is 13.9. The van der Waals surface area contributed by atoms with Gasteiger partial charge in [-0.2, -0.15) is 0 Å². The largest absolute Gasteiger partial charge is 0.382 e. The molecule has 0 saturated heterocycles. The maximum absolute atomic E-state index is 12.0. The number of benzene rings is 1. The molecule has 0 bridgehead atoms. The summed E-state index contributed by atoms with van der Waals surface area (Å²) in [5, 5.41) is 9.74. The van der Waals surface area contributed by atoms with Gasteiger partial charge in [0.15, 0.2) is 5.78 Å². The van der Waals surface area contributed by atoms with Crippen LogP contribution in [0.25, 0.3) is 0 Å². The second-order valence-electron chi connectivity index (χ2n) is 6.17. The molecule has 2 heteroatoms. The van der Waals surface area contributed by atoms with Crippen molar-refractivity contribution in [2.45, 2.75) is 52.6 Å². The number of hydrogen-bond donors (Lipinski definition) is 1. The number of aliphatic hydroxyl groups is 1. The van der Waals surface area contributed by atoms with Gasteiger partial charge in [0, 0.05) is 5.56 Å². The van der Waals surface area contributed by atoms with Gasteiger partial charge in [-0.3, -0.25) is 4.79 Å². The van der Waals surface area contributed by atoms with Crippen molar-refractivity contribution in [1.29, 1.82) is 0 Å². The van der Waals surface area contributed by atoms with Crippen LogP contribution in [-0.4, -0.2) is 16.5 Å². The Morgan fingerprint density at radius 1 is 1.12 bits per heavy atom.